The van der Waals surface area contributed by atoms with Gasteiger partial charge in [0.1, 0.15) is 12.0 Å². The van der Waals surface area contributed by atoms with E-state index in [1.165, 1.54) is 59.9 Å². The van der Waals surface area contributed by atoms with Crippen molar-refractivity contribution in [2.24, 2.45) is 9.98 Å². The van der Waals surface area contributed by atoms with Gasteiger partial charge < -0.3 is 9.88 Å². The van der Waals surface area contributed by atoms with Gasteiger partial charge in [0.05, 0.1) is 11.0 Å². The van der Waals surface area contributed by atoms with Crippen molar-refractivity contribution in [3.63, 3.8) is 0 Å². The molecule has 11 rings (SSSR count). The Kier molecular flexibility index (Phi) is 7.20. The van der Waals surface area contributed by atoms with Gasteiger partial charge in [0.15, 0.2) is 5.84 Å². The molecule has 0 saturated heterocycles. The summed E-state index contributed by atoms with van der Waals surface area (Å²) in [5.74, 6) is 1.49. The van der Waals surface area contributed by atoms with Crippen molar-refractivity contribution in [1.29, 1.82) is 0 Å². The standard InChI is InChI=1S/C51H34N4/c1-3-14-33(15-4-1)40-27-28-44(43-25-12-11-24-42(40)43)51-53-49(35-17-5-2-6-18-35)52-50(54-51)38-21-13-22-39(30-38)55-46-29-26-34-16-9-10-23-41(34)48(46)45-31-36-19-7-8-20-37(36)32-47(45)55/h1-32,49H,(H,52,53,54). The summed E-state index contributed by atoms with van der Waals surface area (Å²) in [6, 6.07) is 69.3. The summed E-state index contributed by atoms with van der Waals surface area (Å²) >= 11 is 0. The molecule has 0 radical (unpaired) electrons. The van der Waals surface area contributed by atoms with Crippen molar-refractivity contribution in [3.8, 4) is 16.8 Å². The summed E-state index contributed by atoms with van der Waals surface area (Å²) in [7, 11) is 0. The van der Waals surface area contributed by atoms with E-state index in [4.69, 9.17) is 9.98 Å². The van der Waals surface area contributed by atoms with Crippen LogP contribution < -0.4 is 5.32 Å². The molecule has 1 unspecified atom stereocenters. The third kappa shape index (κ3) is 5.22. The van der Waals surface area contributed by atoms with Crippen LogP contribution in [0.1, 0.15) is 22.9 Å². The van der Waals surface area contributed by atoms with Crippen molar-refractivity contribution >= 4 is 65.8 Å². The Morgan fingerprint density at radius 3 is 1.87 bits per heavy atom. The Morgan fingerprint density at radius 2 is 1.07 bits per heavy atom. The minimum absolute atomic E-state index is 0.314. The van der Waals surface area contributed by atoms with Crippen molar-refractivity contribution in [2.75, 3.05) is 0 Å². The highest BCUT2D eigenvalue weighted by atomic mass is 15.2. The number of aromatic nitrogens is 1. The third-order valence-corrected chi connectivity index (χ3v) is 11.0. The van der Waals surface area contributed by atoms with Crippen LogP contribution in [0, 0.1) is 0 Å². The molecule has 1 N–H and O–H groups in total. The molecular weight excluding hydrogens is 669 g/mol. The zero-order valence-electron chi connectivity index (χ0n) is 29.9. The zero-order valence-corrected chi connectivity index (χ0v) is 29.9. The molecule has 1 aromatic heterocycles. The second-order valence-corrected chi connectivity index (χ2v) is 14.2. The van der Waals surface area contributed by atoms with E-state index in [0.717, 1.165) is 33.6 Å². The SMILES string of the molecule is c1ccc(-c2ccc(C3=NC(c4ccccc4)NC(c4cccc(-n5c6cc7ccccc7cc6c6c7ccccc7ccc65)c4)=N3)c3ccccc23)cc1. The van der Waals surface area contributed by atoms with Gasteiger partial charge in [-0.2, -0.15) is 0 Å². The lowest BCUT2D eigenvalue weighted by Crippen LogP contribution is -2.33. The Hall–Kier alpha value is -7.30. The number of amidine groups is 2. The van der Waals surface area contributed by atoms with Crippen LogP contribution >= 0.6 is 0 Å². The Labute approximate surface area is 318 Å². The molecule has 0 fully saturated rings. The number of hydrogen-bond donors (Lipinski definition) is 1. The monoisotopic (exact) mass is 702 g/mol. The second kappa shape index (κ2) is 12.7. The maximum absolute atomic E-state index is 5.33. The molecule has 10 aromatic rings. The van der Waals surface area contributed by atoms with Gasteiger partial charge in [0.25, 0.3) is 0 Å². The van der Waals surface area contributed by atoms with Crippen molar-refractivity contribution < 1.29 is 0 Å². The normalized spacial score (nSPS) is 14.4. The topological polar surface area (TPSA) is 41.7 Å². The summed E-state index contributed by atoms with van der Waals surface area (Å²) in [6.45, 7) is 0. The van der Waals surface area contributed by atoms with E-state index in [1.54, 1.807) is 0 Å². The molecule has 258 valence electrons. The number of benzene rings is 9. The highest BCUT2D eigenvalue weighted by molar-refractivity contribution is 6.23. The molecule has 4 nitrogen and oxygen atoms in total. The van der Waals surface area contributed by atoms with Crippen molar-refractivity contribution in [3.05, 3.63) is 211 Å². The van der Waals surface area contributed by atoms with E-state index in [2.05, 4.69) is 198 Å². The van der Waals surface area contributed by atoms with Crippen LogP contribution in [0.15, 0.2) is 204 Å². The molecule has 0 saturated carbocycles. The van der Waals surface area contributed by atoms with Crippen molar-refractivity contribution in [1.82, 2.24) is 9.88 Å². The van der Waals surface area contributed by atoms with E-state index >= 15 is 0 Å². The summed E-state index contributed by atoms with van der Waals surface area (Å²) in [5, 5.41) is 13.5. The average Bonchev–Trinajstić information content (AvgIpc) is 3.59. The van der Waals surface area contributed by atoms with Crippen LogP contribution in [0.2, 0.25) is 0 Å². The average molecular weight is 703 g/mol. The first-order valence-electron chi connectivity index (χ1n) is 18.8. The number of aliphatic imine (C=N–C) groups is 2. The van der Waals surface area contributed by atoms with Gasteiger partial charge in [0.2, 0.25) is 0 Å². The van der Waals surface area contributed by atoms with Crippen LogP contribution in [-0.4, -0.2) is 16.2 Å². The fourth-order valence-electron chi connectivity index (χ4n) is 8.43. The smallest absolute Gasteiger partial charge is 0.160 e. The molecule has 9 aromatic carbocycles. The predicted molar refractivity (Wildman–Crippen MR) is 231 cm³/mol. The largest absolute Gasteiger partial charge is 0.344 e. The lowest BCUT2D eigenvalue weighted by atomic mass is 9.94. The van der Waals surface area contributed by atoms with Gasteiger partial charge in [-0.1, -0.05) is 158 Å². The molecule has 0 aliphatic carbocycles. The minimum atomic E-state index is -0.314. The maximum atomic E-state index is 5.33. The fraction of sp³-hybridized carbons (Fsp3) is 0.0196. The lowest BCUT2D eigenvalue weighted by Gasteiger charge is -2.24. The zero-order chi connectivity index (χ0) is 36.3. The second-order valence-electron chi connectivity index (χ2n) is 14.2. The van der Waals surface area contributed by atoms with Crippen LogP contribution in [-0.2, 0) is 0 Å². The van der Waals surface area contributed by atoms with E-state index < -0.39 is 0 Å². The van der Waals surface area contributed by atoms with E-state index in [1.807, 2.05) is 6.07 Å². The van der Waals surface area contributed by atoms with E-state index in [9.17, 15) is 0 Å². The minimum Gasteiger partial charge on any atom is -0.344 e. The molecule has 55 heavy (non-hydrogen) atoms. The predicted octanol–water partition coefficient (Wildman–Crippen LogP) is 12.4. The molecular formula is C51H34N4. The van der Waals surface area contributed by atoms with Crippen molar-refractivity contribution in [2.45, 2.75) is 6.17 Å². The van der Waals surface area contributed by atoms with Gasteiger partial charge in [0, 0.05) is 27.6 Å². The summed E-state index contributed by atoms with van der Waals surface area (Å²) in [5.41, 5.74) is 8.88. The van der Waals surface area contributed by atoms with Crippen LogP contribution in [0.3, 0.4) is 0 Å². The number of nitrogens with one attached hydrogen (secondary N) is 1. The first-order valence-corrected chi connectivity index (χ1v) is 18.8. The van der Waals surface area contributed by atoms with Gasteiger partial charge >= 0.3 is 0 Å². The molecule has 1 aliphatic rings. The summed E-state index contributed by atoms with van der Waals surface area (Å²) in [6.07, 6.45) is -0.314. The Morgan fingerprint density at radius 1 is 0.436 bits per heavy atom. The highest BCUT2D eigenvalue weighted by Crippen LogP contribution is 2.39. The van der Waals surface area contributed by atoms with E-state index in [-0.39, 0.29) is 6.17 Å². The summed E-state index contributed by atoms with van der Waals surface area (Å²) in [4.78, 5) is 10.6. The molecule has 0 bridgehead atoms. The fourth-order valence-corrected chi connectivity index (χ4v) is 8.43. The summed E-state index contributed by atoms with van der Waals surface area (Å²) < 4.78 is 2.41. The highest BCUT2D eigenvalue weighted by Gasteiger charge is 2.24. The van der Waals surface area contributed by atoms with Gasteiger partial charge in [-0.25, -0.2) is 9.98 Å². The maximum Gasteiger partial charge on any atom is 0.160 e. The Balaban J connectivity index is 1.10. The van der Waals surface area contributed by atoms with Crippen LogP contribution in [0.4, 0.5) is 0 Å². The Bertz CT molecular complexity index is 3170. The van der Waals surface area contributed by atoms with Gasteiger partial charge in [-0.15, -0.1) is 0 Å². The van der Waals surface area contributed by atoms with E-state index in [0.29, 0.717) is 5.84 Å². The van der Waals surface area contributed by atoms with Crippen LogP contribution in [0.25, 0.3) is 70.9 Å². The lowest BCUT2D eigenvalue weighted by molar-refractivity contribution is 0.674. The molecule has 2 heterocycles. The number of hydrogen-bond acceptors (Lipinski definition) is 3. The van der Waals surface area contributed by atoms with Crippen LogP contribution in [0.5, 0.6) is 0 Å². The van der Waals surface area contributed by atoms with Gasteiger partial charge in [-0.05, 0) is 85.4 Å². The molecule has 0 spiro atoms. The number of fused-ring (bicyclic) bond motifs is 7. The third-order valence-electron chi connectivity index (χ3n) is 11.0. The number of rotatable bonds is 5. The molecule has 1 aliphatic heterocycles. The number of nitrogens with zero attached hydrogens (tertiary/aromatic N) is 3. The molecule has 0 amide bonds. The quantitative estimate of drug-likeness (QED) is 0.191. The molecule has 1 atom stereocenters. The first kappa shape index (κ1) is 31.2. The molecule has 4 heteroatoms. The van der Waals surface area contributed by atoms with Gasteiger partial charge in [-0.3, -0.25) is 0 Å². The first-order chi connectivity index (χ1) is 27.3.